The van der Waals surface area contributed by atoms with Gasteiger partial charge in [0.05, 0.1) is 0 Å². The Balaban J connectivity index is 2.06. The zero-order valence-corrected chi connectivity index (χ0v) is 9.51. The molecule has 1 aliphatic rings. The molecule has 1 aliphatic carbocycles. The number of amides is 2. The Labute approximate surface area is 91.4 Å². The largest absolute Gasteiger partial charge is 0.396 e. The Morgan fingerprint density at radius 2 is 2.13 bits per heavy atom. The predicted molar refractivity (Wildman–Crippen MR) is 59.7 cm³/mol. The van der Waals surface area contributed by atoms with Crippen molar-refractivity contribution in [1.29, 1.82) is 0 Å². The van der Waals surface area contributed by atoms with Crippen LogP contribution in [0.3, 0.4) is 0 Å². The number of rotatable bonds is 7. The van der Waals surface area contributed by atoms with Gasteiger partial charge in [0.2, 0.25) is 0 Å². The van der Waals surface area contributed by atoms with Gasteiger partial charge in [-0.2, -0.15) is 0 Å². The van der Waals surface area contributed by atoms with Gasteiger partial charge in [0.25, 0.3) is 0 Å². The van der Waals surface area contributed by atoms with Gasteiger partial charge in [0, 0.05) is 19.7 Å². The summed E-state index contributed by atoms with van der Waals surface area (Å²) < 4.78 is 0. The minimum absolute atomic E-state index is 0.106. The molecule has 0 aromatic carbocycles. The standard InChI is InChI=1S/C11H22N2O2/c1-2-4-11(5-6-11)9-13-10(15)12-7-3-8-14/h14H,2-9H2,1H3,(H2,12,13,15). The van der Waals surface area contributed by atoms with Crippen LogP contribution in [0.15, 0.2) is 0 Å². The first-order valence-corrected chi connectivity index (χ1v) is 5.85. The van der Waals surface area contributed by atoms with Crippen LogP contribution in [0.1, 0.15) is 39.0 Å². The molecule has 88 valence electrons. The predicted octanol–water partition coefficient (Wildman–Crippen LogP) is 1.25. The number of carbonyl (C=O) groups is 1. The average molecular weight is 214 g/mol. The van der Waals surface area contributed by atoms with Crippen molar-refractivity contribution in [3.63, 3.8) is 0 Å². The van der Waals surface area contributed by atoms with E-state index in [1.807, 2.05) is 0 Å². The van der Waals surface area contributed by atoms with E-state index in [0.717, 1.165) is 6.54 Å². The number of hydrogen-bond acceptors (Lipinski definition) is 2. The first kappa shape index (κ1) is 12.3. The van der Waals surface area contributed by atoms with Gasteiger partial charge in [0.1, 0.15) is 0 Å². The normalized spacial score (nSPS) is 17.2. The van der Waals surface area contributed by atoms with E-state index < -0.39 is 0 Å². The summed E-state index contributed by atoms with van der Waals surface area (Å²) in [5.41, 5.74) is 0.406. The molecule has 0 aromatic rings. The Bertz CT molecular complexity index is 203. The maximum atomic E-state index is 11.3. The molecular formula is C11H22N2O2. The van der Waals surface area contributed by atoms with Gasteiger partial charge < -0.3 is 15.7 Å². The Morgan fingerprint density at radius 3 is 2.67 bits per heavy atom. The summed E-state index contributed by atoms with van der Waals surface area (Å²) in [6, 6.07) is -0.106. The minimum atomic E-state index is -0.106. The molecule has 0 aliphatic heterocycles. The quantitative estimate of drug-likeness (QED) is 0.558. The molecule has 2 amide bonds. The lowest BCUT2D eigenvalue weighted by molar-refractivity contribution is 0.235. The van der Waals surface area contributed by atoms with Crippen molar-refractivity contribution < 1.29 is 9.90 Å². The highest BCUT2D eigenvalue weighted by Crippen LogP contribution is 2.48. The molecular weight excluding hydrogens is 192 g/mol. The summed E-state index contributed by atoms with van der Waals surface area (Å²) in [4.78, 5) is 11.3. The Hall–Kier alpha value is -0.770. The van der Waals surface area contributed by atoms with Gasteiger partial charge >= 0.3 is 6.03 Å². The third-order valence-electron chi connectivity index (χ3n) is 2.98. The van der Waals surface area contributed by atoms with Gasteiger partial charge in [-0.25, -0.2) is 4.79 Å². The van der Waals surface area contributed by atoms with Crippen molar-refractivity contribution in [2.75, 3.05) is 19.7 Å². The Kier molecular flexibility index (Phi) is 4.88. The molecule has 0 spiro atoms. The molecule has 4 heteroatoms. The highest BCUT2D eigenvalue weighted by Gasteiger charge is 2.41. The lowest BCUT2D eigenvalue weighted by atomic mass is 10.0. The van der Waals surface area contributed by atoms with Crippen molar-refractivity contribution in [2.24, 2.45) is 5.41 Å². The molecule has 1 fully saturated rings. The number of hydrogen-bond donors (Lipinski definition) is 3. The van der Waals surface area contributed by atoms with E-state index >= 15 is 0 Å². The highest BCUT2D eigenvalue weighted by atomic mass is 16.3. The summed E-state index contributed by atoms with van der Waals surface area (Å²) in [5.74, 6) is 0. The van der Waals surface area contributed by atoms with Crippen molar-refractivity contribution in [3.8, 4) is 0 Å². The second kappa shape index (κ2) is 5.95. The number of carbonyl (C=O) groups excluding carboxylic acids is 1. The van der Waals surface area contributed by atoms with Crippen LogP contribution < -0.4 is 10.6 Å². The lowest BCUT2D eigenvalue weighted by Gasteiger charge is -2.15. The van der Waals surface area contributed by atoms with Crippen LogP contribution in [0, 0.1) is 5.41 Å². The van der Waals surface area contributed by atoms with Crippen molar-refractivity contribution in [1.82, 2.24) is 10.6 Å². The minimum Gasteiger partial charge on any atom is -0.396 e. The first-order valence-electron chi connectivity index (χ1n) is 5.85. The van der Waals surface area contributed by atoms with Gasteiger partial charge in [-0.1, -0.05) is 13.3 Å². The molecule has 0 heterocycles. The molecule has 4 nitrogen and oxygen atoms in total. The number of aliphatic hydroxyl groups excluding tert-OH is 1. The molecule has 1 saturated carbocycles. The summed E-state index contributed by atoms with van der Waals surface area (Å²) in [5, 5.41) is 14.2. The molecule has 1 rings (SSSR count). The van der Waals surface area contributed by atoms with Gasteiger partial charge in [-0.3, -0.25) is 0 Å². The topological polar surface area (TPSA) is 61.4 Å². The van der Waals surface area contributed by atoms with Gasteiger partial charge in [-0.15, -0.1) is 0 Å². The Morgan fingerprint density at radius 1 is 1.40 bits per heavy atom. The smallest absolute Gasteiger partial charge is 0.314 e. The van der Waals surface area contributed by atoms with E-state index in [1.165, 1.54) is 25.7 Å². The summed E-state index contributed by atoms with van der Waals surface area (Å²) in [6.45, 7) is 3.65. The van der Waals surface area contributed by atoms with Gasteiger partial charge in [0.15, 0.2) is 0 Å². The molecule has 0 radical (unpaired) electrons. The first-order chi connectivity index (χ1) is 7.22. The third-order valence-corrected chi connectivity index (χ3v) is 2.98. The fraction of sp³-hybridized carbons (Fsp3) is 0.909. The number of urea groups is 1. The van der Waals surface area contributed by atoms with Crippen LogP contribution in [-0.2, 0) is 0 Å². The SMILES string of the molecule is CCCC1(CNC(=O)NCCCO)CC1. The summed E-state index contributed by atoms with van der Waals surface area (Å²) >= 11 is 0. The molecule has 0 bridgehead atoms. The van der Waals surface area contributed by atoms with Crippen LogP contribution in [-0.4, -0.2) is 30.8 Å². The van der Waals surface area contributed by atoms with Crippen LogP contribution in [0.4, 0.5) is 4.79 Å². The average Bonchev–Trinajstić information content (AvgIpc) is 2.97. The molecule has 0 atom stereocenters. The number of nitrogens with one attached hydrogen (secondary N) is 2. The second-order valence-electron chi connectivity index (χ2n) is 4.44. The fourth-order valence-corrected chi connectivity index (χ4v) is 1.83. The number of aliphatic hydroxyl groups is 1. The van der Waals surface area contributed by atoms with E-state index in [0.29, 0.717) is 18.4 Å². The fourth-order valence-electron chi connectivity index (χ4n) is 1.83. The molecule has 15 heavy (non-hydrogen) atoms. The maximum absolute atomic E-state index is 11.3. The third kappa shape index (κ3) is 4.51. The lowest BCUT2D eigenvalue weighted by Crippen LogP contribution is -2.39. The van der Waals surface area contributed by atoms with E-state index in [-0.39, 0.29) is 12.6 Å². The van der Waals surface area contributed by atoms with Gasteiger partial charge in [-0.05, 0) is 31.1 Å². The van der Waals surface area contributed by atoms with Crippen molar-refractivity contribution >= 4 is 6.03 Å². The molecule has 0 unspecified atom stereocenters. The van der Waals surface area contributed by atoms with Crippen molar-refractivity contribution in [3.05, 3.63) is 0 Å². The van der Waals surface area contributed by atoms with E-state index in [4.69, 9.17) is 5.11 Å². The van der Waals surface area contributed by atoms with Crippen LogP contribution >= 0.6 is 0 Å². The van der Waals surface area contributed by atoms with Crippen LogP contribution in [0.2, 0.25) is 0 Å². The van der Waals surface area contributed by atoms with Crippen molar-refractivity contribution in [2.45, 2.75) is 39.0 Å². The summed E-state index contributed by atoms with van der Waals surface area (Å²) in [6.07, 6.45) is 5.51. The zero-order chi connectivity index (χ0) is 11.1. The monoisotopic (exact) mass is 214 g/mol. The zero-order valence-electron chi connectivity index (χ0n) is 9.51. The molecule has 0 aromatic heterocycles. The molecule has 3 N–H and O–H groups in total. The van der Waals surface area contributed by atoms with E-state index in [9.17, 15) is 4.79 Å². The second-order valence-corrected chi connectivity index (χ2v) is 4.44. The van der Waals surface area contributed by atoms with Crippen LogP contribution in [0.5, 0.6) is 0 Å². The summed E-state index contributed by atoms with van der Waals surface area (Å²) in [7, 11) is 0. The maximum Gasteiger partial charge on any atom is 0.314 e. The molecule has 0 saturated heterocycles. The van der Waals surface area contributed by atoms with E-state index in [2.05, 4.69) is 17.6 Å². The van der Waals surface area contributed by atoms with E-state index in [1.54, 1.807) is 0 Å². The highest BCUT2D eigenvalue weighted by molar-refractivity contribution is 5.73. The van der Waals surface area contributed by atoms with Crippen LogP contribution in [0.25, 0.3) is 0 Å².